The fraction of sp³-hybridized carbons (Fsp3) is 0.348. The molecule has 1 atom stereocenters. The fourth-order valence-electron chi connectivity index (χ4n) is 3.22. The number of furan rings is 1. The fourth-order valence-corrected chi connectivity index (χ4v) is 4.00. The van der Waals surface area contributed by atoms with Crippen molar-refractivity contribution >= 4 is 41.3 Å². The second-order valence-electron chi connectivity index (χ2n) is 7.28. The summed E-state index contributed by atoms with van der Waals surface area (Å²) in [7, 11) is 3.92. The Balaban J connectivity index is 0.00000320. The van der Waals surface area contributed by atoms with Crippen LogP contribution >= 0.6 is 35.3 Å². The minimum Gasteiger partial charge on any atom is -0.468 e. The Morgan fingerprint density at radius 1 is 1.10 bits per heavy atom. The smallest absolute Gasteiger partial charge is 0.191 e. The van der Waals surface area contributed by atoms with Gasteiger partial charge in [-0.3, -0.25) is 9.89 Å². The lowest BCUT2D eigenvalue weighted by Gasteiger charge is -2.19. The molecule has 30 heavy (non-hydrogen) atoms. The molecule has 2 heterocycles. The number of benzene rings is 1. The molecule has 0 saturated heterocycles. The highest BCUT2D eigenvalue weighted by molar-refractivity contribution is 14.0. The predicted octanol–water partition coefficient (Wildman–Crippen LogP) is 5.06. The third-order valence-electron chi connectivity index (χ3n) is 4.92. The summed E-state index contributed by atoms with van der Waals surface area (Å²) in [5, 5.41) is 11.2. The number of guanidine groups is 1. The second kappa shape index (κ2) is 12.8. The Kier molecular flexibility index (Phi) is 10.4. The molecule has 1 aromatic carbocycles. The quantitative estimate of drug-likeness (QED) is 0.227. The van der Waals surface area contributed by atoms with E-state index in [1.165, 1.54) is 16.7 Å². The lowest BCUT2D eigenvalue weighted by Crippen LogP contribution is -2.38. The van der Waals surface area contributed by atoms with Gasteiger partial charge in [-0.05, 0) is 58.6 Å². The van der Waals surface area contributed by atoms with Crippen molar-refractivity contribution in [3.63, 3.8) is 0 Å². The molecule has 0 bridgehead atoms. The first kappa shape index (κ1) is 24.4. The lowest BCUT2D eigenvalue weighted by molar-refractivity contribution is 0.287. The second-order valence-corrected chi connectivity index (χ2v) is 8.06. The predicted molar refractivity (Wildman–Crippen MR) is 137 cm³/mol. The summed E-state index contributed by atoms with van der Waals surface area (Å²) in [5.74, 6) is 2.25. The van der Waals surface area contributed by atoms with E-state index in [1.807, 2.05) is 19.2 Å². The molecule has 162 valence electrons. The molecular formula is C23H31IN4OS. The van der Waals surface area contributed by atoms with Crippen LogP contribution in [0.1, 0.15) is 35.3 Å². The Bertz CT molecular complexity index is 881. The van der Waals surface area contributed by atoms with Gasteiger partial charge in [0.05, 0.1) is 12.8 Å². The van der Waals surface area contributed by atoms with Crippen LogP contribution in [-0.2, 0) is 19.6 Å². The molecule has 0 aliphatic carbocycles. The molecule has 1 unspecified atom stereocenters. The number of nitrogens with zero attached hydrogens (tertiary/aromatic N) is 2. The molecule has 0 amide bonds. The van der Waals surface area contributed by atoms with Crippen molar-refractivity contribution in [3.05, 3.63) is 81.9 Å². The van der Waals surface area contributed by atoms with Gasteiger partial charge in [0.1, 0.15) is 5.76 Å². The van der Waals surface area contributed by atoms with Crippen LogP contribution in [0.3, 0.4) is 0 Å². The van der Waals surface area contributed by atoms with Crippen LogP contribution in [0.4, 0.5) is 0 Å². The number of hydrogen-bond donors (Lipinski definition) is 2. The minimum absolute atomic E-state index is 0. The molecule has 3 aromatic rings. The van der Waals surface area contributed by atoms with E-state index in [-0.39, 0.29) is 24.0 Å². The third-order valence-corrected chi connectivity index (χ3v) is 5.62. The Labute approximate surface area is 200 Å². The summed E-state index contributed by atoms with van der Waals surface area (Å²) >= 11 is 1.74. The maximum Gasteiger partial charge on any atom is 0.191 e. The number of aliphatic imine (C=N–C) groups is 1. The summed E-state index contributed by atoms with van der Waals surface area (Å²) in [6.07, 6.45) is 1.72. The van der Waals surface area contributed by atoms with E-state index in [4.69, 9.17) is 4.42 Å². The van der Waals surface area contributed by atoms with Gasteiger partial charge in [-0.15, -0.1) is 24.0 Å². The molecule has 0 aliphatic rings. The highest BCUT2D eigenvalue weighted by Crippen LogP contribution is 2.17. The first-order chi connectivity index (χ1) is 14.2. The van der Waals surface area contributed by atoms with E-state index in [0.717, 1.165) is 37.9 Å². The molecule has 3 rings (SSSR count). The zero-order valence-electron chi connectivity index (χ0n) is 17.8. The van der Waals surface area contributed by atoms with Gasteiger partial charge in [0.15, 0.2) is 5.96 Å². The number of halogens is 1. The van der Waals surface area contributed by atoms with Crippen LogP contribution in [-0.4, -0.2) is 31.5 Å². The largest absolute Gasteiger partial charge is 0.468 e. The normalized spacial score (nSPS) is 12.5. The maximum absolute atomic E-state index is 5.46. The topological polar surface area (TPSA) is 52.8 Å². The summed E-state index contributed by atoms with van der Waals surface area (Å²) in [5.41, 5.74) is 3.94. The first-order valence-electron chi connectivity index (χ1n) is 9.90. The Morgan fingerprint density at radius 3 is 2.57 bits per heavy atom. The molecule has 2 aromatic heterocycles. The Morgan fingerprint density at radius 2 is 1.90 bits per heavy atom. The standard InChI is InChI=1S/C23H30N4OS.HI/c1-18(21-10-12-29-17-21)13-25-23(24-2)26-14-19-7-4-5-8-20(19)15-27(3)16-22-9-6-11-28-22;/h4-12,17-18H,13-16H2,1-3H3,(H2,24,25,26);1H. The van der Waals surface area contributed by atoms with Crippen LogP contribution in [0.2, 0.25) is 0 Å². The van der Waals surface area contributed by atoms with E-state index in [2.05, 4.69) is 75.6 Å². The molecule has 2 N–H and O–H groups in total. The van der Waals surface area contributed by atoms with Gasteiger partial charge in [0, 0.05) is 26.7 Å². The van der Waals surface area contributed by atoms with Crippen molar-refractivity contribution in [1.82, 2.24) is 15.5 Å². The van der Waals surface area contributed by atoms with Crippen LogP contribution in [0.25, 0.3) is 0 Å². The van der Waals surface area contributed by atoms with Crippen LogP contribution < -0.4 is 10.6 Å². The zero-order chi connectivity index (χ0) is 20.5. The van der Waals surface area contributed by atoms with Crippen molar-refractivity contribution in [1.29, 1.82) is 0 Å². The molecule has 0 aliphatic heterocycles. The molecule has 0 spiro atoms. The van der Waals surface area contributed by atoms with Gasteiger partial charge in [0.2, 0.25) is 0 Å². The number of rotatable bonds is 9. The van der Waals surface area contributed by atoms with E-state index in [9.17, 15) is 0 Å². The van der Waals surface area contributed by atoms with Crippen molar-refractivity contribution in [3.8, 4) is 0 Å². The Hall–Kier alpha value is -1.84. The molecule has 0 fully saturated rings. The van der Waals surface area contributed by atoms with E-state index < -0.39 is 0 Å². The monoisotopic (exact) mass is 538 g/mol. The average molecular weight is 538 g/mol. The summed E-state index contributed by atoms with van der Waals surface area (Å²) < 4.78 is 5.46. The lowest BCUT2D eigenvalue weighted by atomic mass is 10.1. The number of thiophene rings is 1. The van der Waals surface area contributed by atoms with Gasteiger partial charge < -0.3 is 15.1 Å². The van der Waals surface area contributed by atoms with Crippen molar-refractivity contribution < 1.29 is 4.42 Å². The van der Waals surface area contributed by atoms with E-state index in [0.29, 0.717) is 5.92 Å². The summed E-state index contributed by atoms with van der Waals surface area (Å²) in [4.78, 5) is 6.63. The van der Waals surface area contributed by atoms with E-state index in [1.54, 1.807) is 17.6 Å². The SMILES string of the molecule is CN=C(NCc1ccccc1CN(C)Cc1ccco1)NCC(C)c1ccsc1.I. The molecule has 0 saturated carbocycles. The molecule has 5 nitrogen and oxygen atoms in total. The molecule has 0 radical (unpaired) electrons. The average Bonchev–Trinajstić information content (AvgIpc) is 3.43. The van der Waals surface area contributed by atoms with Crippen LogP contribution in [0.5, 0.6) is 0 Å². The van der Waals surface area contributed by atoms with Gasteiger partial charge in [0.25, 0.3) is 0 Å². The maximum atomic E-state index is 5.46. The van der Waals surface area contributed by atoms with Crippen LogP contribution in [0.15, 0.2) is 68.9 Å². The van der Waals surface area contributed by atoms with Crippen molar-refractivity contribution in [2.45, 2.75) is 32.5 Å². The molecule has 7 heteroatoms. The van der Waals surface area contributed by atoms with Gasteiger partial charge >= 0.3 is 0 Å². The highest BCUT2D eigenvalue weighted by atomic mass is 127. The third kappa shape index (κ3) is 7.45. The first-order valence-corrected chi connectivity index (χ1v) is 10.8. The van der Waals surface area contributed by atoms with Crippen molar-refractivity contribution in [2.75, 3.05) is 20.6 Å². The number of nitrogens with one attached hydrogen (secondary N) is 2. The molecular weight excluding hydrogens is 507 g/mol. The van der Waals surface area contributed by atoms with E-state index >= 15 is 0 Å². The zero-order valence-corrected chi connectivity index (χ0v) is 20.9. The van der Waals surface area contributed by atoms with Gasteiger partial charge in [-0.1, -0.05) is 31.2 Å². The summed E-state index contributed by atoms with van der Waals surface area (Å²) in [6, 6.07) is 14.7. The highest BCUT2D eigenvalue weighted by Gasteiger charge is 2.10. The minimum atomic E-state index is 0. The summed E-state index contributed by atoms with van der Waals surface area (Å²) in [6.45, 7) is 5.46. The van der Waals surface area contributed by atoms with Crippen molar-refractivity contribution in [2.24, 2.45) is 4.99 Å². The number of hydrogen-bond acceptors (Lipinski definition) is 4. The van der Waals surface area contributed by atoms with Gasteiger partial charge in [-0.25, -0.2) is 0 Å². The van der Waals surface area contributed by atoms with Crippen LogP contribution in [0, 0.1) is 0 Å². The van der Waals surface area contributed by atoms with Gasteiger partial charge in [-0.2, -0.15) is 11.3 Å².